The van der Waals surface area contributed by atoms with Crippen LogP contribution in [0.2, 0.25) is 0 Å². The average molecular weight is 325 g/mol. The fourth-order valence-electron chi connectivity index (χ4n) is 2.74. The van der Waals surface area contributed by atoms with E-state index in [1.165, 1.54) is 0 Å². The molecule has 2 aromatic rings. The van der Waals surface area contributed by atoms with Gasteiger partial charge < -0.3 is 14.9 Å². The second-order valence-electron chi connectivity index (χ2n) is 6.21. The van der Waals surface area contributed by atoms with Crippen LogP contribution in [-0.2, 0) is 6.54 Å². The highest BCUT2D eigenvalue weighted by Crippen LogP contribution is 2.30. The van der Waals surface area contributed by atoms with Crippen molar-refractivity contribution in [2.45, 2.75) is 25.4 Å². The Morgan fingerprint density at radius 1 is 1.17 bits per heavy atom. The molecule has 1 saturated carbocycles. The molecule has 0 unspecified atom stereocenters. The van der Waals surface area contributed by atoms with E-state index in [0.29, 0.717) is 24.7 Å². The quantitative estimate of drug-likeness (QED) is 0.849. The number of carbonyl (C=O) groups is 1. The van der Waals surface area contributed by atoms with Gasteiger partial charge in [-0.3, -0.25) is 9.78 Å². The molecule has 0 radical (unpaired) electrons. The lowest BCUT2D eigenvalue weighted by Gasteiger charge is -2.23. The Balaban J connectivity index is 1.73. The van der Waals surface area contributed by atoms with E-state index in [1.807, 2.05) is 53.2 Å². The number of pyridine rings is 1. The lowest BCUT2D eigenvalue weighted by Crippen LogP contribution is -2.32. The highest BCUT2D eigenvalue weighted by atomic mass is 16.3. The van der Waals surface area contributed by atoms with Crippen molar-refractivity contribution in [1.82, 2.24) is 9.88 Å². The van der Waals surface area contributed by atoms with Crippen LogP contribution in [0.1, 0.15) is 28.8 Å². The fraction of sp³-hybridized carbons (Fsp3) is 0.368. The van der Waals surface area contributed by atoms with Crippen LogP contribution in [0.25, 0.3) is 0 Å². The summed E-state index contributed by atoms with van der Waals surface area (Å²) in [5, 5.41) is 9.01. The van der Waals surface area contributed by atoms with Gasteiger partial charge in [0.25, 0.3) is 5.91 Å². The van der Waals surface area contributed by atoms with E-state index in [0.717, 1.165) is 24.1 Å². The molecule has 0 aliphatic heterocycles. The normalized spacial score (nSPS) is 13.6. The van der Waals surface area contributed by atoms with Crippen molar-refractivity contribution < 1.29 is 9.90 Å². The summed E-state index contributed by atoms with van der Waals surface area (Å²) < 4.78 is 0. The second kappa shape index (κ2) is 7.45. The van der Waals surface area contributed by atoms with E-state index in [2.05, 4.69) is 4.98 Å². The molecule has 1 aromatic heterocycles. The SMILES string of the molecule is CN(CCO)c1ccc(C(=O)N(Cc2ccncc2)C2CC2)cc1. The first-order valence-corrected chi connectivity index (χ1v) is 8.31. The Labute approximate surface area is 142 Å². The number of amides is 1. The summed E-state index contributed by atoms with van der Waals surface area (Å²) in [4.78, 5) is 20.8. The van der Waals surface area contributed by atoms with Crippen LogP contribution in [0.3, 0.4) is 0 Å². The van der Waals surface area contributed by atoms with Gasteiger partial charge >= 0.3 is 0 Å². The van der Waals surface area contributed by atoms with Crippen molar-refractivity contribution >= 4 is 11.6 Å². The lowest BCUT2D eigenvalue weighted by molar-refractivity contribution is 0.0730. The summed E-state index contributed by atoms with van der Waals surface area (Å²) in [6.07, 6.45) is 5.68. The van der Waals surface area contributed by atoms with Crippen LogP contribution in [0.4, 0.5) is 5.69 Å². The first-order valence-electron chi connectivity index (χ1n) is 8.31. The topological polar surface area (TPSA) is 56.7 Å². The summed E-state index contributed by atoms with van der Waals surface area (Å²) >= 11 is 0. The number of likely N-dealkylation sites (N-methyl/N-ethyl adjacent to an activating group) is 1. The van der Waals surface area contributed by atoms with Crippen LogP contribution in [0.15, 0.2) is 48.8 Å². The smallest absolute Gasteiger partial charge is 0.254 e. The molecule has 126 valence electrons. The summed E-state index contributed by atoms with van der Waals surface area (Å²) in [5.74, 6) is 0.0747. The van der Waals surface area contributed by atoms with Gasteiger partial charge in [0.1, 0.15) is 0 Å². The highest BCUT2D eigenvalue weighted by Gasteiger charge is 2.33. The van der Waals surface area contributed by atoms with E-state index in [1.54, 1.807) is 12.4 Å². The van der Waals surface area contributed by atoms with Gasteiger partial charge in [-0.2, -0.15) is 0 Å². The number of rotatable bonds is 7. The summed E-state index contributed by atoms with van der Waals surface area (Å²) in [7, 11) is 1.92. The van der Waals surface area contributed by atoms with Gasteiger partial charge in [-0.15, -0.1) is 0 Å². The molecule has 24 heavy (non-hydrogen) atoms. The maximum Gasteiger partial charge on any atom is 0.254 e. The van der Waals surface area contributed by atoms with Gasteiger partial charge in [0.05, 0.1) is 6.61 Å². The van der Waals surface area contributed by atoms with Gasteiger partial charge in [-0.1, -0.05) is 0 Å². The van der Waals surface area contributed by atoms with Crippen LogP contribution < -0.4 is 4.90 Å². The lowest BCUT2D eigenvalue weighted by atomic mass is 10.1. The van der Waals surface area contributed by atoms with Crippen LogP contribution in [0, 0.1) is 0 Å². The van der Waals surface area contributed by atoms with Crippen molar-refractivity contribution in [3.63, 3.8) is 0 Å². The molecular weight excluding hydrogens is 302 g/mol. The number of hydrogen-bond acceptors (Lipinski definition) is 4. The molecule has 1 aliphatic carbocycles. The van der Waals surface area contributed by atoms with Crippen LogP contribution >= 0.6 is 0 Å². The van der Waals surface area contributed by atoms with Gasteiger partial charge in [-0.25, -0.2) is 0 Å². The number of aliphatic hydroxyl groups is 1. The monoisotopic (exact) mass is 325 g/mol. The standard InChI is InChI=1S/C19H23N3O2/c1-21(12-13-23)17-4-2-16(3-5-17)19(24)22(18-6-7-18)14-15-8-10-20-11-9-15/h2-5,8-11,18,23H,6-7,12-14H2,1H3. The Kier molecular flexibility index (Phi) is 5.11. The van der Waals surface area contributed by atoms with E-state index >= 15 is 0 Å². The minimum Gasteiger partial charge on any atom is -0.395 e. The summed E-state index contributed by atoms with van der Waals surface area (Å²) in [6, 6.07) is 11.9. The highest BCUT2D eigenvalue weighted by molar-refractivity contribution is 5.95. The maximum absolute atomic E-state index is 12.9. The maximum atomic E-state index is 12.9. The molecule has 1 N–H and O–H groups in total. The molecule has 0 spiro atoms. The molecule has 0 saturated heterocycles. The molecule has 5 heteroatoms. The Hall–Kier alpha value is -2.40. The Bertz CT molecular complexity index is 669. The third-order valence-corrected chi connectivity index (χ3v) is 4.34. The zero-order valence-corrected chi connectivity index (χ0v) is 13.9. The zero-order chi connectivity index (χ0) is 16.9. The molecule has 1 aliphatic rings. The summed E-state index contributed by atoms with van der Waals surface area (Å²) in [6.45, 7) is 1.31. The minimum absolute atomic E-state index is 0.0747. The first kappa shape index (κ1) is 16.5. The number of hydrogen-bond donors (Lipinski definition) is 1. The molecule has 0 atom stereocenters. The Morgan fingerprint density at radius 2 is 1.83 bits per heavy atom. The number of aromatic nitrogens is 1. The van der Waals surface area contributed by atoms with Crippen molar-refractivity contribution in [2.75, 3.05) is 25.1 Å². The second-order valence-corrected chi connectivity index (χ2v) is 6.21. The van der Waals surface area contributed by atoms with Gasteiger partial charge in [0.2, 0.25) is 0 Å². The molecule has 0 bridgehead atoms. The summed E-state index contributed by atoms with van der Waals surface area (Å²) in [5.41, 5.74) is 2.80. The predicted molar refractivity (Wildman–Crippen MR) is 93.9 cm³/mol. The molecule has 1 amide bonds. The molecule has 3 rings (SSSR count). The third kappa shape index (κ3) is 3.92. The number of aliphatic hydroxyl groups excluding tert-OH is 1. The van der Waals surface area contributed by atoms with Gasteiger partial charge in [-0.05, 0) is 54.8 Å². The minimum atomic E-state index is 0.0747. The number of nitrogens with zero attached hydrogens (tertiary/aromatic N) is 3. The molecule has 5 nitrogen and oxygen atoms in total. The predicted octanol–water partition coefficient (Wildman–Crippen LogP) is 2.31. The van der Waals surface area contributed by atoms with Crippen LogP contribution in [0.5, 0.6) is 0 Å². The van der Waals surface area contributed by atoms with Crippen molar-refractivity contribution in [1.29, 1.82) is 0 Å². The Morgan fingerprint density at radius 3 is 2.42 bits per heavy atom. The number of anilines is 1. The zero-order valence-electron chi connectivity index (χ0n) is 13.9. The average Bonchev–Trinajstić information content (AvgIpc) is 3.45. The van der Waals surface area contributed by atoms with E-state index in [9.17, 15) is 4.79 Å². The van der Waals surface area contributed by atoms with E-state index < -0.39 is 0 Å². The van der Waals surface area contributed by atoms with E-state index in [4.69, 9.17) is 5.11 Å². The van der Waals surface area contributed by atoms with Crippen LogP contribution in [-0.4, -0.2) is 47.1 Å². The number of benzene rings is 1. The van der Waals surface area contributed by atoms with Gasteiger partial charge in [0.15, 0.2) is 0 Å². The largest absolute Gasteiger partial charge is 0.395 e. The fourth-order valence-corrected chi connectivity index (χ4v) is 2.74. The first-order chi connectivity index (χ1) is 11.7. The molecule has 1 heterocycles. The van der Waals surface area contributed by atoms with E-state index in [-0.39, 0.29) is 12.5 Å². The molecule has 1 fully saturated rings. The van der Waals surface area contributed by atoms with Gasteiger partial charge in [0, 0.05) is 49.8 Å². The van der Waals surface area contributed by atoms with Crippen molar-refractivity contribution in [3.8, 4) is 0 Å². The molecular formula is C19H23N3O2. The van der Waals surface area contributed by atoms with Crippen molar-refractivity contribution in [3.05, 3.63) is 59.9 Å². The third-order valence-electron chi connectivity index (χ3n) is 4.34. The van der Waals surface area contributed by atoms with Crippen molar-refractivity contribution in [2.24, 2.45) is 0 Å². The molecule has 1 aromatic carbocycles. The number of carbonyl (C=O) groups excluding carboxylic acids is 1.